The van der Waals surface area contributed by atoms with Gasteiger partial charge in [0.05, 0.1) is 11.5 Å². The second-order valence-corrected chi connectivity index (χ2v) is 7.30. The Labute approximate surface area is 124 Å². The van der Waals surface area contributed by atoms with Gasteiger partial charge in [0.25, 0.3) is 15.0 Å². The van der Waals surface area contributed by atoms with Crippen LogP contribution in [0.15, 0.2) is 27.6 Å². The monoisotopic (exact) mass is 369 g/mol. The predicted molar refractivity (Wildman–Crippen MR) is 76.0 cm³/mol. The van der Waals surface area contributed by atoms with Crippen molar-refractivity contribution in [1.29, 1.82) is 0 Å². The maximum atomic E-state index is 11.9. The lowest BCUT2D eigenvalue weighted by Crippen LogP contribution is -2.35. The zero-order valence-electron chi connectivity index (χ0n) is 10.3. The summed E-state index contributed by atoms with van der Waals surface area (Å²) in [6.45, 7) is 2.14. The third-order valence-electron chi connectivity index (χ3n) is 2.25. The number of carbonyl (C=O) groups is 1. The van der Waals surface area contributed by atoms with Crippen molar-refractivity contribution in [3.05, 3.63) is 28.2 Å². The highest BCUT2D eigenvalue weighted by Gasteiger charge is 2.18. The van der Waals surface area contributed by atoms with E-state index >= 15 is 0 Å². The molecule has 0 saturated carbocycles. The third kappa shape index (κ3) is 4.76. The normalized spacial score (nSPS) is 13.1. The molecule has 1 amide bonds. The number of methoxy groups -OCH3 is 1. The van der Waals surface area contributed by atoms with Crippen LogP contribution in [0.3, 0.4) is 0 Å². The highest BCUT2D eigenvalue weighted by molar-refractivity contribution is 9.10. The first kappa shape index (κ1) is 16.4. The molecule has 0 radical (unpaired) electrons. The molecule has 1 N–H and O–H groups in total. The molecule has 0 spiro atoms. The van der Waals surface area contributed by atoms with Crippen molar-refractivity contribution in [2.75, 3.05) is 13.7 Å². The van der Waals surface area contributed by atoms with Crippen molar-refractivity contribution < 1.29 is 17.9 Å². The molecule has 0 aromatic heterocycles. The highest BCUT2D eigenvalue weighted by atomic mass is 79.9. The molecule has 0 aliphatic heterocycles. The summed E-state index contributed by atoms with van der Waals surface area (Å²) in [5.74, 6) is -0.390. The largest absolute Gasteiger partial charge is 0.383 e. The summed E-state index contributed by atoms with van der Waals surface area (Å²) in [7, 11) is 2.91. The minimum Gasteiger partial charge on any atom is -0.383 e. The standard InChI is InChI=1S/C11H13BrClNO4S/c1-7(6-18-2)14-11(15)8-3-4-9(12)10(5-8)19(13,16)17/h3-5,7H,6H2,1-2H3,(H,14,15). The molecule has 1 rings (SSSR count). The van der Waals surface area contributed by atoms with Gasteiger partial charge in [-0.2, -0.15) is 0 Å². The second-order valence-electron chi connectivity index (χ2n) is 3.91. The maximum absolute atomic E-state index is 11.9. The SMILES string of the molecule is COCC(C)NC(=O)c1ccc(Br)c(S(=O)(=O)Cl)c1. The number of hydrogen-bond donors (Lipinski definition) is 1. The second kappa shape index (κ2) is 6.69. The fraction of sp³-hybridized carbons (Fsp3) is 0.364. The summed E-state index contributed by atoms with van der Waals surface area (Å²) in [5.41, 5.74) is 0.213. The highest BCUT2D eigenvalue weighted by Crippen LogP contribution is 2.26. The van der Waals surface area contributed by atoms with Gasteiger partial charge < -0.3 is 10.1 Å². The van der Waals surface area contributed by atoms with E-state index in [1.165, 1.54) is 25.3 Å². The van der Waals surface area contributed by atoms with Crippen LogP contribution in [0, 0.1) is 0 Å². The number of benzene rings is 1. The van der Waals surface area contributed by atoms with Gasteiger partial charge in [0, 0.05) is 33.9 Å². The summed E-state index contributed by atoms with van der Waals surface area (Å²) in [5, 5.41) is 2.68. The first-order valence-corrected chi connectivity index (χ1v) is 8.40. The number of ether oxygens (including phenoxy) is 1. The van der Waals surface area contributed by atoms with E-state index in [-0.39, 0.29) is 16.5 Å². The van der Waals surface area contributed by atoms with Gasteiger partial charge in [-0.1, -0.05) is 0 Å². The minimum atomic E-state index is -3.91. The van der Waals surface area contributed by atoms with E-state index in [9.17, 15) is 13.2 Å². The minimum absolute atomic E-state index is 0.138. The Morgan fingerprint density at radius 2 is 2.16 bits per heavy atom. The zero-order valence-corrected chi connectivity index (χ0v) is 13.5. The van der Waals surface area contributed by atoms with E-state index in [4.69, 9.17) is 15.4 Å². The average Bonchev–Trinajstić information content (AvgIpc) is 2.27. The van der Waals surface area contributed by atoms with Crippen molar-refractivity contribution >= 4 is 41.6 Å². The van der Waals surface area contributed by atoms with Gasteiger partial charge in [0.15, 0.2) is 0 Å². The number of carbonyl (C=O) groups excluding carboxylic acids is 1. The molecule has 106 valence electrons. The summed E-state index contributed by atoms with van der Waals surface area (Å²) in [4.78, 5) is 11.8. The van der Waals surface area contributed by atoms with E-state index in [1.807, 2.05) is 0 Å². The average molecular weight is 371 g/mol. The summed E-state index contributed by atoms with van der Waals surface area (Å²) in [6, 6.07) is 4.01. The number of rotatable bonds is 5. The topological polar surface area (TPSA) is 72.5 Å². The van der Waals surface area contributed by atoms with Crippen molar-refractivity contribution in [3.8, 4) is 0 Å². The molecular weight excluding hydrogens is 358 g/mol. The van der Waals surface area contributed by atoms with E-state index < -0.39 is 15.0 Å². The third-order valence-corrected chi connectivity index (χ3v) is 4.57. The number of hydrogen-bond acceptors (Lipinski definition) is 4. The molecule has 0 aliphatic carbocycles. The van der Waals surface area contributed by atoms with Gasteiger partial charge in [-0.25, -0.2) is 8.42 Å². The van der Waals surface area contributed by atoms with Crippen LogP contribution in [0.25, 0.3) is 0 Å². The van der Waals surface area contributed by atoms with Crippen LogP contribution in [0.2, 0.25) is 0 Å². The van der Waals surface area contributed by atoms with Crippen LogP contribution in [-0.2, 0) is 13.8 Å². The molecule has 0 saturated heterocycles. The van der Waals surface area contributed by atoms with Crippen LogP contribution in [0.4, 0.5) is 0 Å². The van der Waals surface area contributed by atoms with Crippen molar-refractivity contribution in [2.45, 2.75) is 17.9 Å². The quantitative estimate of drug-likeness (QED) is 0.806. The van der Waals surface area contributed by atoms with Gasteiger partial charge in [0.1, 0.15) is 0 Å². The molecule has 1 aromatic carbocycles. The Morgan fingerprint density at radius 3 is 2.68 bits per heavy atom. The molecule has 0 aliphatic rings. The number of nitrogens with one attached hydrogen (secondary N) is 1. The predicted octanol–water partition coefficient (Wildman–Crippen LogP) is 2.14. The summed E-state index contributed by atoms with van der Waals surface area (Å²) < 4.78 is 27.9. The lowest BCUT2D eigenvalue weighted by Gasteiger charge is -2.13. The van der Waals surface area contributed by atoms with Crippen molar-refractivity contribution in [2.24, 2.45) is 0 Å². The summed E-state index contributed by atoms with van der Waals surface area (Å²) in [6.07, 6.45) is 0. The molecule has 8 heteroatoms. The smallest absolute Gasteiger partial charge is 0.262 e. The first-order chi connectivity index (χ1) is 8.75. The van der Waals surface area contributed by atoms with Crippen LogP contribution in [-0.4, -0.2) is 34.1 Å². The van der Waals surface area contributed by atoms with Gasteiger partial charge in [-0.05, 0) is 41.1 Å². The Balaban J connectivity index is 3.00. The van der Waals surface area contributed by atoms with Gasteiger partial charge >= 0.3 is 0 Å². The van der Waals surface area contributed by atoms with Crippen LogP contribution >= 0.6 is 26.6 Å². The molecule has 0 fully saturated rings. The van der Waals surface area contributed by atoms with Gasteiger partial charge in [0.2, 0.25) is 0 Å². The number of amides is 1. The molecule has 0 bridgehead atoms. The first-order valence-electron chi connectivity index (χ1n) is 5.29. The summed E-state index contributed by atoms with van der Waals surface area (Å²) >= 11 is 3.08. The molecule has 5 nitrogen and oxygen atoms in total. The lowest BCUT2D eigenvalue weighted by atomic mass is 10.2. The Morgan fingerprint density at radius 1 is 1.53 bits per heavy atom. The zero-order chi connectivity index (χ0) is 14.6. The Kier molecular flexibility index (Phi) is 5.79. The van der Waals surface area contributed by atoms with Crippen LogP contribution in [0.5, 0.6) is 0 Å². The number of halogens is 2. The lowest BCUT2D eigenvalue weighted by molar-refractivity contribution is 0.0905. The molecule has 1 aromatic rings. The Hall–Kier alpha value is -0.630. The Bertz CT molecular complexity index is 576. The van der Waals surface area contributed by atoms with Gasteiger partial charge in [-0.3, -0.25) is 4.79 Å². The van der Waals surface area contributed by atoms with Crippen molar-refractivity contribution in [3.63, 3.8) is 0 Å². The molecule has 0 heterocycles. The van der Waals surface area contributed by atoms with E-state index in [1.54, 1.807) is 6.92 Å². The van der Waals surface area contributed by atoms with Crippen LogP contribution < -0.4 is 5.32 Å². The van der Waals surface area contributed by atoms with Crippen molar-refractivity contribution in [1.82, 2.24) is 5.32 Å². The van der Waals surface area contributed by atoms with E-state index in [0.717, 1.165) is 0 Å². The molecule has 1 unspecified atom stereocenters. The fourth-order valence-corrected chi connectivity index (χ4v) is 3.55. The van der Waals surface area contributed by atoms with Gasteiger partial charge in [-0.15, -0.1) is 0 Å². The van der Waals surface area contributed by atoms with E-state index in [2.05, 4.69) is 21.2 Å². The van der Waals surface area contributed by atoms with Crippen LogP contribution in [0.1, 0.15) is 17.3 Å². The maximum Gasteiger partial charge on any atom is 0.262 e. The fourth-order valence-electron chi connectivity index (χ4n) is 1.43. The van der Waals surface area contributed by atoms with E-state index in [0.29, 0.717) is 11.1 Å². The molecule has 1 atom stereocenters. The molecule has 19 heavy (non-hydrogen) atoms. The molecular formula is C11H13BrClNO4S.